The fourth-order valence-corrected chi connectivity index (χ4v) is 13.8. The molecule has 20 nitrogen and oxygen atoms in total. The zero-order valence-electron chi connectivity index (χ0n) is 40.4. The van der Waals surface area contributed by atoms with Crippen molar-refractivity contribution in [3.8, 4) is 0 Å². The summed E-state index contributed by atoms with van der Waals surface area (Å²) in [4.78, 5) is 14.9. The lowest BCUT2D eigenvalue weighted by molar-refractivity contribution is -0.380. The van der Waals surface area contributed by atoms with Crippen LogP contribution in [0.1, 0.15) is 99.8 Å². The van der Waals surface area contributed by atoms with E-state index in [1.165, 1.54) is 13.8 Å². The van der Waals surface area contributed by atoms with Gasteiger partial charge in [0.05, 0.1) is 49.7 Å². The zero-order valence-corrected chi connectivity index (χ0v) is 40.4. The summed E-state index contributed by atoms with van der Waals surface area (Å²) in [7, 11) is 0. The minimum atomic E-state index is -1.92. The maximum Gasteiger partial charge on any atom is 0.187 e. The number of fused-ring (bicyclic) bond motifs is 5. The molecule has 0 radical (unpaired) electrons. The molecule has 3 saturated carbocycles. The van der Waals surface area contributed by atoms with Gasteiger partial charge in [-0.3, -0.25) is 4.79 Å². The van der Waals surface area contributed by atoms with Crippen LogP contribution in [0.15, 0.2) is 11.6 Å². The molecular formula is C48H80O20. The van der Waals surface area contributed by atoms with E-state index in [0.717, 1.165) is 18.4 Å². The second kappa shape index (κ2) is 20.2. The molecule has 3 aliphatic heterocycles. The number of aliphatic hydroxyl groups excluding tert-OH is 12. The Hall–Kier alpha value is -1.35. The molecule has 3 unspecified atom stereocenters. The number of Topliss-reactive ketones (excluding diaryl/α,β-unsaturated/α-hetero) is 1. The summed E-state index contributed by atoms with van der Waals surface area (Å²) in [6.07, 6.45) is -20.5. The van der Waals surface area contributed by atoms with E-state index in [4.69, 9.17) is 28.4 Å². The van der Waals surface area contributed by atoms with E-state index < -0.39 is 146 Å². The second-order valence-corrected chi connectivity index (χ2v) is 22.8. The lowest BCUT2D eigenvalue weighted by Crippen LogP contribution is -2.65. The third-order valence-corrected chi connectivity index (χ3v) is 18.4. The highest BCUT2D eigenvalue weighted by atomic mass is 16.8. The van der Waals surface area contributed by atoms with Gasteiger partial charge in [0, 0.05) is 11.8 Å². The van der Waals surface area contributed by atoms with E-state index in [1.54, 1.807) is 0 Å². The van der Waals surface area contributed by atoms with Crippen molar-refractivity contribution in [1.82, 2.24) is 0 Å². The Morgan fingerprint density at radius 2 is 1.29 bits per heavy atom. The topological polar surface area (TPSA) is 335 Å². The van der Waals surface area contributed by atoms with Crippen LogP contribution in [-0.4, -0.2) is 209 Å². The largest absolute Gasteiger partial charge is 0.395 e. The predicted molar refractivity (Wildman–Crippen MR) is 235 cm³/mol. The molecule has 0 aromatic heterocycles. The minimum Gasteiger partial charge on any atom is -0.395 e. The number of carbonyl (C=O) groups excluding carboxylic acids is 1. The Labute approximate surface area is 397 Å². The van der Waals surface area contributed by atoms with E-state index in [1.807, 2.05) is 13.8 Å². The third kappa shape index (κ3) is 9.10. The van der Waals surface area contributed by atoms with Crippen molar-refractivity contribution < 1.29 is 99.6 Å². The number of carbonyl (C=O) groups is 1. The van der Waals surface area contributed by atoms with E-state index in [-0.39, 0.29) is 54.3 Å². The molecule has 4 aliphatic carbocycles. The van der Waals surface area contributed by atoms with Gasteiger partial charge in [0.1, 0.15) is 79.0 Å². The summed E-state index contributed by atoms with van der Waals surface area (Å²) >= 11 is 0. The van der Waals surface area contributed by atoms with Crippen molar-refractivity contribution in [2.75, 3.05) is 26.4 Å². The maximum absolute atomic E-state index is 14.9. The molecule has 24 atom stereocenters. The third-order valence-electron chi connectivity index (χ3n) is 18.4. The van der Waals surface area contributed by atoms with Gasteiger partial charge in [-0.15, -0.1) is 0 Å². The first-order valence-corrected chi connectivity index (χ1v) is 24.5. The SMILES string of the molecule is C[C@H](CC[C@@H](O[C@@H]1O[C@H](CO[C@@H]2O[C@H](CO)[C@@H](O)[C@H](O)[C@H]2O)[C@@H](O)[C@H](O)[C@H]1O[C@@H]1O[C@H](CO)[C@@H](O)[C@H](O)[C@H]1O)C(C)(C)O)C1CC[C@@]2(C)C3CC=C4C(CC[C@H](O)C4(C)C)[C@]3(CO)C(=O)C[C@]12C. The number of hydrogen-bond acceptors (Lipinski definition) is 20. The first-order chi connectivity index (χ1) is 31.7. The first kappa shape index (κ1) is 54.4. The minimum absolute atomic E-state index is 0.0244. The molecule has 3 saturated heterocycles. The number of allylic oxidation sites excluding steroid dienone is 1. The summed E-state index contributed by atoms with van der Waals surface area (Å²) in [6, 6.07) is 0. The molecule has 13 N–H and O–H groups in total. The number of aliphatic hydroxyl groups is 13. The molecule has 0 aromatic rings. The van der Waals surface area contributed by atoms with Gasteiger partial charge in [-0.05, 0) is 93.3 Å². The van der Waals surface area contributed by atoms with Crippen molar-refractivity contribution in [3.63, 3.8) is 0 Å². The fourth-order valence-electron chi connectivity index (χ4n) is 13.8. The second-order valence-electron chi connectivity index (χ2n) is 22.8. The average molecular weight is 977 g/mol. The van der Waals surface area contributed by atoms with Crippen molar-refractivity contribution >= 4 is 5.78 Å². The number of rotatable bonds is 15. The molecule has 7 aliphatic rings. The van der Waals surface area contributed by atoms with Gasteiger partial charge < -0.3 is 94.8 Å². The molecule has 0 aromatic carbocycles. The van der Waals surface area contributed by atoms with Gasteiger partial charge in [-0.25, -0.2) is 0 Å². The highest BCUT2D eigenvalue weighted by Gasteiger charge is 2.72. The molecule has 6 fully saturated rings. The smallest absolute Gasteiger partial charge is 0.187 e. The van der Waals surface area contributed by atoms with Gasteiger partial charge in [0.25, 0.3) is 0 Å². The average Bonchev–Trinajstić information content (AvgIpc) is 3.56. The Kier molecular flexibility index (Phi) is 16.1. The van der Waals surface area contributed by atoms with Gasteiger partial charge >= 0.3 is 0 Å². The van der Waals surface area contributed by atoms with E-state index in [2.05, 4.69) is 26.8 Å². The molecule has 68 heavy (non-hydrogen) atoms. The molecule has 0 spiro atoms. The standard InChI is InChI=1S/C48H80O20/c1-21(22-14-15-46(6)28-11-9-23-24(10-12-29(52)44(23,2)3)48(28,20-51)30(53)16-47(22,46)7)8-13-31(45(4,5)62)67-43-40(68-42-39(61)36(58)33(55)26(18-50)65-42)37(59)34(56)27(66-43)19-63-41-38(60)35(57)32(54)25(17-49)64-41/h9,21-22,24-29,31-43,49-52,54-62H,8,10-20H2,1-7H3/t21-,22?,24?,25-,26-,27-,28?,29+,31-,32-,33-,34-,35+,36+,37+,38-,39-,40-,41-,42+,43+,46+,47-,48+/m1/s1. The molecule has 20 heteroatoms. The van der Waals surface area contributed by atoms with Gasteiger partial charge in [-0.2, -0.15) is 0 Å². The van der Waals surface area contributed by atoms with Crippen LogP contribution in [0, 0.1) is 45.3 Å². The lowest BCUT2D eigenvalue weighted by atomic mass is 9.38. The van der Waals surface area contributed by atoms with Crippen LogP contribution in [0.2, 0.25) is 0 Å². The van der Waals surface area contributed by atoms with Gasteiger partial charge in [-0.1, -0.05) is 46.3 Å². The van der Waals surface area contributed by atoms with Crippen LogP contribution in [0.3, 0.4) is 0 Å². The highest BCUT2D eigenvalue weighted by molar-refractivity contribution is 5.89. The molecule has 7 rings (SSSR count). The van der Waals surface area contributed by atoms with Crippen LogP contribution < -0.4 is 0 Å². The van der Waals surface area contributed by atoms with Crippen molar-refractivity contribution in [1.29, 1.82) is 0 Å². The lowest BCUT2D eigenvalue weighted by Gasteiger charge is -2.65. The number of hydrogen-bond donors (Lipinski definition) is 13. The number of ketones is 1. The number of ether oxygens (including phenoxy) is 6. The molecule has 0 amide bonds. The molecule has 0 bridgehead atoms. The monoisotopic (exact) mass is 977 g/mol. The molecule has 392 valence electrons. The van der Waals surface area contributed by atoms with E-state index in [9.17, 15) is 71.2 Å². The zero-order chi connectivity index (χ0) is 50.2. The Balaban J connectivity index is 1.11. The summed E-state index contributed by atoms with van der Waals surface area (Å²) in [5, 5.41) is 140. The van der Waals surface area contributed by atoms with Crippen molar-refractivity contribution in [3.05, 3.63) is 11.6 Å². The molecule has 3 heterocycles. The van der Waals surface area contributed by atoms with Crippen molar-refractivity contribution in [2.24, 2.45) is 45.3 Å². The van der Waals surface area contributed by atoms with Crippen LogP contribution >= 0.6 is 0 Å². The van der Waals surface area contributed by atoms with E-state index in [0.29, 0.717) is 25.7 Å². The predicted octanol–water partition coefficient (Wildman–Crippen LogP) is -1.88. The fraction of sp³-hybridized carbons (Fsp3) is 0.938. The summed E-state index contributed by atoms with van der Waals surface area (Å²) in [5.41, 5.74) is -2.75. The first-order valence-electron chi connectivity index (χ1n) is 24.5. The van der Waals surface area contributed by atoms with Gasteiger partial charge in [0.2, 0.25) is 0 Å². The quantitative estimate of drug-likeness (QED) is 0.0799. The van der Waals surface area contributed by atoms with Crippen LogP contribution in [-0.2, 0) is 33.2 Å². The molecular weight excluding hydrogens is 897 g/mol. The van der Waals surface area contributed by atoms with Crippen LogP contribution in [0.4, 0.5) is 0 Å². The summed E-state index contributed by atoms with van der Waals surface area (Å²) < 4.78 is 35.4. The summed E-state index contributed by atoms with van der Waals surface area (Å²) in [5.74, 6) is -0.174. The highest BCUT2D eigenvalue weighted by Crippen LogP contribution is 2.74. The maximum atomic E-state index is 14.9. The summed E-state index contributed by atoms with van der Waals surface area (Å²) in [6.45, 7) is 11.3. The van der Waals surface area contributed by atoms with Crippen LogP contribution in [0.25, 0.3) is 0 Å². The van der Waals surface area contributed by atoms with E-state index >= 15 is 0 Å². The normalized spacial score (nSPS) is 49.3. The van der Waals surface area contributed by atoms with Crippen LogP contribution in [0.5, 0.6) is 0 Å². The Morgan fingerprint density at radius 1 is 0.721 bits per heavy atom. The van der Waals surface area contributed by atoms with Gasteiger partial charge in [0.15, 0.2) is 18.9 Å². The van der Waals surface area contributed by atoms with Crippen molar-refractivity contribution in [2.45, 2.75) is 210 Å². The Morgan fingerprint density at radius 3 is 1.88 bits per heavy atom. The Bertz CT molecular complexity index is 1770.